The van der Waals surface area contributed by atoms with Gasteiger partial charge in [0.2, 0.25) is 0 Å². The van der Waals surface area contributed by atoms with Gasteiger partial charge in [-0.2, -0.15) is 0 Å². The second-order valence-corrected chi connectivity index (χ2v) is 5.40. The molecule has 0 amide bonds. The molecular formula is C15H20ClNO. The monoisotopic (exact) mass is 265 g/mol. The number of benzene rings is 1. The number of carbonyl (C=O) groups excluding carboxylic acids is 1. The minimum atomic E-state index is 0.425. The van der Waals surface area contributed by atoms with Gasteiger partial charge in [-0.05, 0) is 37.1 Å². The zero-order chi connectivity index (χ0) is 13.0. The third kappa shape index (κ3) is 3.56. The predicted molar refractivity (Wildman–Crippen MR) is 74.8 cm³/mol. The van der Waals surface area contributed by atoms with E-state index in [-0.39, 0.29) is 0 Å². The van der Waals surface area contributed by atoms with Crippen molar-refractivity contribution in [2.24, 2.45) is 0 Å². The summed E-state index contributed by atoms with van der Waals surface area (Å²) in [7, 11) is 0. The maximum atomic E-state index is 11.3. The molecule has 1 aromatic rings. The molecule has 0 aromatic heterocycles. The maximum Gasteiger partial charge on any atom is 0.133 e. The Morgan fingerprint density at radius 3 is 2.39 bits per heavy atom. The zero-order valence-electron chi connectivity index (χ0n) is 10.9. The third-order valence-corrected chi connectivity index (χ3v) is 3.99. The van der Waals surface area contributed by atoms with E-state index < -0.39 is 0 Å². The molecule has 0 atom stereocenters. The fraction of sp³-hybridized carbons (Fsp3) is 0.533. The molecule has 0 saturated heterocycles. The number of carbonyl (C=O) groups is 1. The van der Waals surface area contributed by atoms with Gasteiger partial charge in [-0.25, -0.2) is 0 Å². The first-order valence-electron chi connectivity index (χ1n) is 6.69. The quantitative estimate of drug-likeness (QED) is 0.828. The van der Waals surface area contributed by atoms with E-state index in [0.717, 1.165) is 43.8 Å². The standard InChI is InChI=1S/C15H20ClNO/c1-2-17(14-7-9-15(18)10-8-14)11-12-3-5-13(16)6-4-12/h3-6,14H,2,7-11H2,1H3. The van der Waals surface area contributed by atoms with Crippen LogP contribution in [0, 0.1) is 0 Å². The van der Waals surface area contributed by atoms with Crippen LogP contribution in [-0.2, 0) is 11.3 Å². The summed E-state index contributed by atoms with van der Waals surface area (Å²) in [6.45, 7) is 4.17. The molecule has 0 radical (unpaired) electrons. The number of hydrogen-bond donors (Lipinski definition) is 0. The largest absolute Gasteiger partial charge is 0.300 e. The molecule has 0 bridgehead atoms. The van der Waals surface area contributed by atoms with E-state index in [1.165, 1.54) is 5.56 Å². The van der Waals surface area contributed by atoms with E-state index in [0.29, 0.717) is 11.8 Å². The first-order valence-corrected chi connectivity index (χ1v) is 7.07. The molecular weight excluding hydrogens is 246 g/mol. The van der Waals surface area contributed by atoms with Crippen LogP contribution in [0.25, 0.3) is 0 Å². The number of ketones is 1. The maximum absolute atomic E-state index is 11.3. The summed E-state index contributed by atoms with van der Waals surface area (Å²) >= 11 is 5.90. The summed E-state index contributed by atoms with van der Waals surface area (Å²) < 4.78 is 0. The smallest absolute Gasteiger partial charge is 0.133 e. The zero-order valence-corrected chi connectivity index (χ0v) is 11.6. The molecule has 0 aliphatic heterocycles. The molecule has 1 saturated carbocycles. The highest BCUT2D eigenvalue weighted by atomic mass is 35.5. The molecule has 98 valence electrons. The normalized spacial score (nSPS) is 17.4. The third-order valence-electron chi connectivity index (χ3n) is 3.73. The average molecular weight is 266 g/mol. The molecule has 0 spiro atoms. The van der Waals surface area contributed by atoms with Crippen molar-refractivity contribution in [1.82, 2.24) is 4.90 Å². The van der Waals surface area contributed by atoms with Crippen molar-refractivity contribution in [3.63, 3.8) is 0 Å². The van der Waals surface area contributed by atoms with Crippen LogP contribution in [0.4, 0.5) is 0 Å². The lowest BCUT2D eigenvalue weighted by atomic mass is 9.93. The van der Waals surface area contributed by atoms with E-state index in [4.69, 9.17) is 11.6 Å². The number of hydrogen-bond acceptors (Lipinski definition) is 2. The minimum absolute atomic E-state index is 0.425. The van der Waals surface area contributed by atoms with Crippen LogP contribution in [0.15, 0.2) is 24.3 Å². The average Bonchev–Trinajstić information content (AvgIpc) is 2.39. The topological polar surface area (TPSA) is 20.3 Å². The Balaban J connectivity index is 1.96. The Bertz CT molecular complexity index is 391. The number of rotatable bonds is 4. The Morgan fingerprint density at radius 2 is 1.83 bits per heavy atom. The number of nitrogens with zero attached hydrogens (tertiary/aromatic N) is 1. The van der Waals surface area contributed by atoms with Gasteiger partial charge in [0, 0.05) is 30.5 Å². The molecule has 1 aliphatic rings. The van der Waals surface area contributed by atoms with E-state index in [1.807, 2.05) is 12.1 Å². The van der Waals surface area contributed by atoms with E-state index in [2.05, 4.69) is 24.0 Å². The fourth-order valence-electron chi connectivity index (χ4n) is 2.61. The van der Waals surface area contributed by atoms with E-state index in [1.54, 1.807) is 0 Å². The van der Waals surface area contributed by atoms with Crippen LogP contribution in [0.5, 0.6) is 0 Å². The number of Topliss-reactive ketones (excluding diaryl/α,β-unsaturated/α-hetero) is 1. The highest BCUT2D eigenvalue weighted by molar-refractivity contribution is 6.30. The molecule has 0 N–H and O–H groups in total. The van der Waals surface area contributed by atoms with Gasteiger partial charge < -0.3 is 0 Å². The van der Waals surface area contributed by atoms with Gasteiger partial charge in [0.25, 0.3) is 0 Å². The van der Waals surface area contributed by atoms with Crippen molar-refractivity contribution in [3.05, 3.63) is 34.9 Å². The molecule has 2 nitrogen and oxygen atoms in total. The highest BCUT2D eigenvalue weighted by Crippen LogP contribution is 2.22. The van der Waals surface area contributed by atoms with Crippen LogP contribution < -0.4 is 0 Å². The Kier molecular flexibility index (Phi) is 4.79. The first-order chi connectivity index (χ1) is 8.69. The summed E-state index contributed by atoms with van der Waals surface area (Å²) in [5.41, 5.74) is 1.29. The second-order valence-electron chi connectivity index (χ2n) is 4.96. The molecule has 18 heavy (non-hydrogen) atoms. The molecule has 3 heteroatoms. The molecule has 1 fully saturated rings. The van der Waals surface area contributed by atoms with Crippen LogP contribution >= 0.6 is 11.6 Å². The minimum Gasteiger partial charge on any atom is -0.300 e. The molecule has 1 aliphatic carbocycles. The Morgan fingerprint density at radius 1 is 1.22 bits per heavy atom. The van der Waals surface area contributed by atoms with Gasteiger partial charge in [-0.15, -0.1) is 0 Å². The SMILES string of the molecule is CCN(Cc1ccc(Cl)cc1)C1CCC(=O)CC1. The lowest BCUT2D eigenvalue weighted by Gasteiger charge is -2.33. The van der Waals surface area contributed by atoms with Crippen molar-refractivity contribution in [2.45, 2.75) is 45.2 Å². The Hall–Kier alpha value is -0.860. The van der Waals surface area contributed by atoms with Crippen molar-refractivity contribution in [3.8, 4) is 0 Å². The van der Waals surface area contributed by atoms with Crippen LogP contribution in [0.1, 0.15) is 38.2 Å². The Labute approximate surface area is 114 Å². The lowest BCUT2D eigenvalue weighted by molar-refractivity contribution is -0.121. The van der Waals surface area contributed by atoms with Crippen molar-refractivity contribution in [1.29, 1.82) is 0 Å². The van der Waals surface area contributed by atoms with Crippen LogP contribution in [0.2, 0.25) is 5.02 Å². The summed E-state index contributed by atoms with van der Waals surface area (Å²) in [6, 6.07) is 8.60. The van der Waals surface area contributed by atoms with Gasteiger partial charge in [-0.1, -0.05) is 30.7 Å². The van der Waals surface area contributed by atoms with Crippen LogP contribution in [0.3, 0.4) is 0 Å². The summed E-state index contributed by atoms with van der Waals surface area (Å²) in [4.78, 5) is 13.8. The highest BCUT2D eigenvalue weighted by Gasteiger charge is 2.23. The molecule has 0 unspecified atom stereocenters. The summed E-state index contributed by atoms with van der Waals surface area (Å²) in [6.07, 6.45) is 3.53. The lowest BCUT2D eigenvalue weighted by Crippen LogP contribution is -2.37. The van der Waals surface area contributed by atoms with Gasteiger partial charge in [0.05, 0.1) is 0 Å². The molecule has 0 heterocycles. The molecule has 1 aromatic carbocycles. The fourth-order valence-corrected chi connectivity index (χ4v) is 2.74. The second kappa shape index (κ2) is 6.35. The summed E-state index contributed by atoms with van der Waals surface area (Å²) in [5.74, 6) is 0.425. The van der Waals surface area contributed by atoms with Crippen molar-refractivity contribution >= 4 is 17.4 Å². The van der Waals surface area contributed by atoms with Gasteiger partial charge in [0.1, 0.15) is 5.78 Å². The van der Waals surface area contributed by atoms with Gasteiger partial charge in [0.15, 0.2) is 0 Å². The van der Waals surface area contributed by atoms with Crippen molar-refractivity contribution in [2.75, 3.05) is 6.54 Å². The van der Waals surface area contributed by atoms with Crippen LogP contribution in [-0.4, -0.2) is 23.3 Å². The van der Waals surface area contributed by atoms with Gasteiger partial charge in [-0.3, -0.25) is 9.69 Å². The van der Waals surface area contributed by atoms with Crippen molar-refractivity contribution < 1.29 is 4.79 Å². The van der Waals surface area contributed by atoms with E-state index in [9.17, 15) is 4.79 Å². The van der Waals surface area contributed by atoms with E-state index >= 15 is 0 Å². The predicted octanol–water partition coefficient (Wildman–Crippen LogP) is 3.67. The first kappa shape index (κ1) is 13.6. The molecule has 2 rings (SSSR count). The summed E-state index contributed by atoms with van der Waals surface area (Å²) in [5, 5.41) is 0.782. The van der Waals surface area contributed by atoms with Gasteiger partial charge >= 0.3 is 0 Å². The number of halogens is 1.